The molecule has 1 amide bonds. The van der Waals surface area contributed by atoms with E-state index in [4.69, 9.17) is 0 Å². The number of carbonyl (C=O) groups excluding carboxylic acids is 1. The van der Waals surface area contributed by atoms with Crippen LogP contribution in [0.25, 0.3) is 0 Å². The highest BCUT2D eigenvalue weighted by Gasteiger charge is 2.31. The number of carbonyl (C=O) groups is 1. The van der Waals surface area contributed by atoms with Crippen LogP contribution < -0.4 is 10.3 Å². The van der Waals surface area contributed by atoms with E-state index in [2.05, 4.69) is 26.5 Å². The van der Waals surface area contributed by atoms with Crippen LogP contribution in [-0.2, 0) is 14.8 Å². The predicted octanol–water partition coefficient (Wildman–Crippen LogP) is 0.194. The lowest BCUT2D eigenvalue weighted by Gasteiger charge is -2.31. The summed E-state index contributed by atoms with van der Waals surface area (Å²) in [4.78, 5) is 13.3. The van der Waals surface area contributed by atoms with Crippen LogP contribution >= 0.6 is 15.9 Å². The molecule has 2 aromatic rings. The van der Waals surface area contributed by atoms with E-state index in [1.54, 1.807) is 42.5 Å². The van der Waals surface area contributed by atoms with Gasteiger partial charge in [0.1, 0.15) is 5.75 Å². The zero-order valence-corrected chi connectivity index (χ0v) is 18.0. The summed E-state index contributed by atoms with van der Waals surface area (Å²) in [6, 6.07) is 13.1. The molecule has 0 aromatic heterocycles. The maximum Gasteiger partial charge on any atom is 0.295 e. The lowest BCUT2D eigenvalue weighted by atomic mass is 10.2. The topological polar surface area (TPSA) is 104 Å². The first kappa shape index (κ1) is 21.4. The van der Waals surface area contributed by atoms with Gasteiger partial charge in [-0.1, -0.05) is 28.1 Å². The Hall–Kier alpha value is -2.27. The minimum atomic E-state index is -3.52. The second kappa shape index (κ2) is 9.49. The molecule has 1 aliphatic rings. The van der Waals surface area contributed by atoms with Crippen molar-refractivity contribution in [3.05, 3.63) is 58.6 Å². The first-order chi connectivity index (χ1) is 13.8. The maximum atomic E-state index is 12.7. The molecule has 29 heavy (non-hydrogen) atoms. The molecule has 1 fully saturated rings. The van der Waals surface area contributed by atoms with E-state index >= 15 is 0 Å². The lowest BCUT2D eigenvalue weighted by Crippen LogP contribution is -3.15. The number of phenolic OH excluding ortho intramolecular Hbond substituents is 1. The van der Waals surface area contributed by atoms with Gasteiger partial charge in [0.05, 0.1) is 37.3 Å². The van der Waals surface area contributed by atoms with Gasteiger partial charge in [-0.3, -0.25) is 4.79 Å². The van der Waals surface area contributed by atoms with Crippen LogP contribution in [0, 0.1) is 0 Å². The third-order valence-electron chi connectivity index (χ3n) is 4.56. The SMILES string of the molecule is O=C(C[NH+]1CCN(S(=O)(=O)c2ccc(Br)cc2)CC1)N/N=C\c1cccc(O)c1. The summed E-state index contributed by atoms with van der Waals surface area (Å²) in [5.41, 5.74) is 3.13. The summed E-state index contributed by atoms with van der Waals surface area (Å²) in [5.74, 6) is -0.124. The Bertz CT molecular complexity index is 988. The predicted molar refractivity (Wildman–Crippen MR) is 112 cm³/mol. The van der Waals surface area contributed by atoms with Crippen molar-refractivity contribution < 1.29 is 23.2 Å². The van der Waals surface area contributed by atoms with Crippen LogP contribution in [0.1, 0.15) is 5.56 Å². The van der Waals surface area contributed by atoms with Crippen LogP contribution in [0.2, 0.25) is 0 Å². The Morgan fingerprint density at radius 3 is 2.55 bits per heavy atom. The Morgan fingerprint density at radius 1 is 1.21 bits per heavy atom. The van der Waals surface area contributed by atoms with Crippen molar-refractivity contribution in [2.45, 2.75) is 4.90 Å². The summed E-state index contributed by atoms with van der Waals surface area (Å²) in [6.07, 6.45) is 1.45. The van der Waals surface area contributed by atoms with Gasteiger partial charge in [0, 0.05) is 4.47 Å². The fraction of sp³-hybridized carbons (Fsp3) is 0.263. The minimum Gasteiger partial charge on any atom is -0.508 e. The molecule has 0 spiro atoms. The zero-order valence-electron chi connectivity index (χ0n) is 15.6. The molecule has 154 valence electrons. The summed E-state index contributed by atoms with van der Waals surface area (Å²) < 4.78 is 27.7. The van der Waals surface area contributed by atoms with Gasteiger partial charge >= 0.3 is 0 Å². The van der Waals surface area contributed by atoms with Gasteiger partial charge in [-0.05, 0) is 42.0 Å². The van der Waals surface area contributed by atoms with Crippen molar-refractivity contribution in [1.29, 1.82) is 0 Å². The Kier molecular flexibility index (Phi) is 7.01. The minimum absolute atomic E-state index is 0.126. The summed E-state index contributed by atoms with van der Waals surface area (Å²) >= 11 is 3.30. The first-order valence-corrected chi connectivity index (χ1v) is 11.3. The molecule has 10 heteroatoms. The first-order valence-electron chi connectivity index (χ1n) is 9.05. The highest BCUT2D eigenvalue weighted by atomic mass is 79.9. The molecule has 3 N–H and O–H groups in total. The van der Waals surface area contributed by atoms with Crippen molar-refractivity contribution >= 4 is 38.1 Å². The van der Waals surface area contributed by atoms with E-state index in [-0.39, 0.29) is 23.1 Å². The normalized spacial score (nSPS) is 16.2. The number of benzene rings is 2. The van der Waals surface area contributed by atoms with Gasteiger partial charge < -0.3 is 10.0 Å². The van der Waals surface area contributed by atoms with Gasteiger partial charge in [0.15, 0.2) is 6.54 Å². The van der Waals surface area contributed by atoms with Crippen molar-refractivity contribution in [2.75, 3.05) is 32.7 Å². The number of aromatic hydroxyl groups is 1. The number of hydrazone groups is 1. The number of nitrogens with one attached hydrogen (secondary N) is 2. The summed E-state index contributed by atoms with van der Waals surface area (Å²) in [6.45, 7) is 2.00. The summed E-state index contributed by atoms with van der Waals surface area (Å²) in [5, 5.41) is 13.3. The van der Waals surface area contributed by atoms with Crippen LogP contribution in [0.4, 0.5) is 0 Å². The number of quaternary nitrogens is 1. The molecule has 1 heterocycles. The summed E-state index contributed by atoms with van der Waals surface area (Å²) in [7, 11) is -3.52. The number of halogens is 1. The van der Waals surface area contributed by atoms with E-state index in [0.717, 1.165) is 9.37 Å². The van der Waals surface area contributed by atoms with Gasteiger partial charge in [-0.2, -0.15) is 9.41 Å². The second-order valence-electron chi connectivity index (χ2n) is 6.67. The Labute approximate surface area is 178 Å². The monoisotopic (exact) mass is 481 g/mol. The number of hydrogen-bond acceptors (Lipinski definition) is 5. The van der Waals surface area contributed by atoms with Gasteiger partial charge in [0.2, 0.25) is 10.0 Å². The smallest absolute Gasteiger partial charge is 0.295 e. The quantitative estimate of drug-likeness (QED) is 0.404. The van der Waals surface area contributed by atoms with E-state index in [9.17, 15) is 18.3 Å². The van der Waals surface area contributed by atoms with Crippen LogP contribution in [0.15, 0.2) is 63.0 Å². The number of piperazine rings is 1. The zero-order chi connectivity index (χ0) is 20.9. The van der Waals surface area contributed by atoms with Gasteiger partial charge in [-0.15, -0.1) is 0 Å². The Morgan fingerprint density at radius 2 is 1.90 bits per heavy atom. The number of sulfonamides is 1. The molecule has 0 radical (unpaired) electrons. The second-order valence-corrected chi connectivity index (χ2v) is 9.53. The fourth-order valence-electron chi connectivity index (χ4n) is 3.03. The maximum absolute atomic E-state index is 12.7. The average Bonchev–Trinajstić information content (AvgIpc) is 2.69. The average molecular weight is 482 g/mol. The number of nitrogens with zero attached hydrogens (tertiary/aromatic N) is 2. The highest BCUT2D eigenvalue weighted by Crippen LogP contribution is 2.18. The van der Waals surface area contributed by atoms with Crippen molar-refractivity contribution in [3.63, 3.8) is 0 Å². The van der Waals surface area contributed by atoms with Gasteiger partial charge in [-0.25, -0.2) is 13.8 Å². The lowest BCUT2D eigenvalue weighted by molar-refractivity contribution is -0.895. The Balaban J connectivity index is 1.48. The van der Waals surface area contributed by atoms with Crippen molar-refractivity contribution in [3.8, 4) is 5.75 Å². The molecular weight excluding hydrogens is 460 g/mol. The molecule has 0 saturated carbocycles. The molecule has 0 atom stereocenters. The van der Waals surface area contributed by atoms with Crippen LogP contribution in [0.5, 0.6) is 5.75 Å². The van der Waals surface area contributed by atoms with Crippen molar-refractivity contribution in [2.24, 2.45) is 5.10 Å². The number of rotatable bonds is 6. The number of hydrogen-bond donors (Lipinski definition) is 3. The number of phenols is 1. The molecular formula is C19H22BrN4O4S+. The van der Waals surface area contributed by atoms with E-state index in [0.29, 0.717) is 31.7 Å². The molecule has 8 nitrogen and oxygen atoms in total. The molecule has 2 aromatic carbocycles. The van der Waals surface area contributed by atoms with E-state index in [1.165, 1.54) is 16.6 Å². The molecule has 1 aliphatic heterocycles. The van der Waals surface area contributed by atoms with E-state index < -0.39 is 10.0 Å². The third-order valence-corrected chi connectivity index (χ3v) is 7.01. The van der Waals surface area contributed by atoms with Crippen LogP contribution in [-0.4, -0.2) is 62.7 Å². The fourth-order valence-corrected chi connectivity index (χ4v) is 4.73. The standard InChI is InChI=1S/C19H21BrN4O4S/c20-16-4-6-18(7-5-16)29(27,28)24-10-8-23(9-11-24)14-19(26)22-21-13-15-2-1-3-17(25)12-15/h1-7,12-13,25H,8-11,14H2,(H,22,26)/p+1/b21-13-. The largest absolute Gasteiger partial charge is 0.508 e. The van der Waals surface area contributed by atoms with Crippen molar-refractivity contribution in [1.82, 2.24) is 9.73 Å². The molecule has 3 rings (SSSR count). The van der Waals surface area contributed by atoms with Crippen LogP contribution in [0.3, 0.4) is 0 Å². The molecule has 0 bridgehead atoms. The number of amides is 1. The third kappa shape index (κ3) is 5.86. The molecule has 0 unspecified atom stereocenters. The molecule has 1 saturated heterocycles. The van der Waals surface area contributed by atoms with E-state index in [1.807, 2.05) is 0 Å². The molecule has 0 aliphatic carbocycles. The highest BCUT2D eigenvalue weighted by molar-refractivity contribution is 9.10. The van der Waals surface area contributed by atoms with Gasteiger partial charge in [0.25, 0.3) is 5.91 Å².